The molecule has 0 fully saturated rings. The van der Waals surface area contributed by atoms with Gasteiger partial charge in [-0.1, -0.05) is 12.1 Å². The van der Waals surface area contributed by atoms with Crippen LogP contribution in [0.25, 0.3) is 0 Å². The van der Waals surface area contributed by atoms with Gasteiger partial charge in [-0.15, -0.1) is 0 Å². The summed E-state index contributed by atoms with van der Waals surface area (Å²) in [7, 11) is 0. The fraction of sp³-hybridized carbons (Fsp3) is 0.455. The molecule has 0 aliphatic carbocycles. The Morgan fingerprint density at radius 3 is 2.13 bits per heavy atom. The molecule has 84 valence electrons. The molecular formula is C11H13F3O. The smallest absolute Gasteiger partial charge is 0.422 e. The van der Waals surface area contributed by atoms with Crippen LogP contribution in [0.4, 0.5) is 13.2 Å². The summed E-state index contributed by atoms with van der Waals surface area (Å²) in [5.74, 6) is 0.340. The first kappa shape index (κ1) is 11.9. The molecule has 0 spiro atoms. The lowest BCUT2D eigenvalue weighted by molar-refractivity contribution is -0.153. The Morgan fingerprint density at radius 2 is 1.60 bits per heavy atom. The molecule has 0 radical (unpaired) electrons. The maximum absolute atomic E-state index is 12.0. The topological polar surface area (TPSA) is 9.23 Å². The van der Waals surface area contributed by atoms with E-state index in [4.69, 9.17) is 4.74 Å². The van der Waals surface area contributed by atoms with Crippen molar-refractivity contribution in [2.45, 2.75) is 26.9 Å². The summed E-state index contributed by atoms with van der Waals surface area (Å²) in [6.07, 6.45) is -4.29. The van der Waals surface area contributed by atoms with Crippen LogP contribution in [0.5, 0.6) is 5.75 Å². The Balaban J connectivity index is 2.90. The number of alkyl halides is 3. The standard InChI is InChI=1S/C11H13F3O/c1-7-4-5-8(2)10(9(7)3)15-6-11(12,13)14/h4-5H,6H2,1-3H3. The first-order valence-corrected chi connectivity index (χ1v) is 4.57. The summed E-state index contributed by atoms with van der Waals surface area (Å²) in [5, 5.41) is 0. The molecule has 4 heteroatoms. The largest absolute Gasteiger partial charge is 0.484 e. The Morgan fingerprint density at radius 1 is 1.07 bits per heavy atom. The molecule has 0 unspecified atom stereocenters. The van der Waals surface area contributed by atoms with Crippen LogP contribution in [-0.4, -0.2) is 12.8 Å². The SMILES string of the molecule is Cc1ccc(C)c(OCC(F)(F)F)c1C. The van der Waals surface area contributed by atoms with Gasteiger partial charge >= 0.3 is 6.18 Å². The van der Waals surface area contributed by atoms with Gasteiger partial charge in [-0.05, 0) is 37.5 Å². The first-order chi connectivity index (χ1) is 6.81. The monoisotopic (exact) mass is 218 g/mol. The Labute approximate surface area is 86.9 Å². The highest BCUT2D eigenvalue weighted by molar-refractivity contribution is 5.44. The molecule has 0 aliphatic heterocycles. The first-order valence-electron chi connectivity index (χ1n) is 4.57. The number of rotatable bonds is 2. The molecule has 0 amide bonds. The van der Waals surface area contributed by atoms with E-state index in [0.29, 0.717) is 5.75 Å². The average Bonchev–Trinajstić information content (AvgIpc) is 2.10. The molecule has 1 aromatic carbocycles. The van der Waals surface area contributed by atoms with E-state index in [1.54, 1.807) is 19.9 Å². The fourth-order valence-corrected chi connectivity index (χ4v) is 1.30. The van der Waals surface area contributed by atoms with Gasteiger partial charge < -0.3 is 4.74 Å². The average molecular weight is 218 g/mol. The van der Waals surface area contributed by atoms with Crippen LogP contribution in [0, 0.1) is 20.8 Å². The van der Waals surface area contributed by atoms with E-state index in [1.807, 2.05) is 13.0 Å². The van der Waals surface area contributed by atoms with Crippen molar-refractivity contribution in [2.75, 3.05) is 6.61 Å². The molecule has 15 heavy (non-hydrogen) atoms. The van der Waals surface area contributed by atoms with Crippen LogP contribution >= 0.6 is 0 Å². The van der Waals surface area contributed by atoms with E-state index in [0.717, 1.165) is 16.7 Å². The summed E-state index contributed by atoms with van der Waals surface area (Å²) in [4.78, 5) is 0. The van der Waals surface area contributed by atoms with Crippen molar-refractivity contribution < 1.29 is 17.9 Å². The van der Waals surface area contributed by atoms with E-state index in [9.17, 15) is 13.2 Å². The number of benzene rings is 1. The molecule has 0 saturated heterocycles. The molecule has 0 N–H and O–H groups in total. The van der Waals surface area contributed by atoms with Gasteiger partial charge in [-0.2, -0.15) is 13.2 Å². The van der Waals surface area contributed by atoms with Gasteiger partial charge in [0.2, 0.25) is 0 Å². The molecule has 0 aromatic heterocycles. The van der Waals surface area contributed by atoms with Crippen molar-refractivity contribution in [3.63, 3.8) is 0 Å². The lowest BCUT2D eigenvalue weighted by Gasteiger charge is -2.15. The number of hydrogen-bond donors (Lipinski definition) is 0. The highest BCUT2D eigenvalue weighted by Gasteiger charge is 2.29. The maximum atomic E-state index is 12.0. The van der Waals surface area contributed by atoms with Gasteiger partial charge in [0, 0.05) is 0 Å². The van der Waals surface area contributed by atoms with Gasteiger partial charge in [0.1, 0.15) is 5.75 Å². The highest BCUT2D eigenvalue weighted by Crippen LogP contribution is 2.27. The zero-order valence-corrected chi connectivity index (χ0v) is 8.90. The van der Waals surface area contributed by atoms with Gasteiger partial charge in [0.05, 0.1) is 0 Å². The molecule has 0 aliphatic rings. The van der Waals surface area contributed by atoms with Crippen LogP contribution in [0.15, 0.2) is 12.1 Å². The lowest BCUT2D eigenvalue weighted by Crippen LogP contribution is -2.20. The highest BCUT2D eigenvalue weighted by atomic mass is 19.4. The van der Waals surface area contributed by atoms with E-state index in [-0.39, 0.29) is 0 Å². The Hall–Kier alpha value is -1.19. The van der Waals surface area contributed by atoms with Crippen LogP contribution in [0.1, 0.15) is 16.7 Å². The number of aryl methyl sites for hydroxylation is 2. The normalized spacial score (nSPS) is 11.6. The van der Waals surface area contributed by atoms with Crippen molar-refractivity contribution in [1.82, 2.24) is 0 Å². The van der Waals surface area contributed by atoms with Gasteiger partial charge in [-0.25, -0.2) is 0 Å². The minimum Gasteiger partial charge on any atom is -0.484 e. The van der Waals surface area contributed by atoms with E-state index in [2.05, 4.69) is 0 Å². The van der Waals surface area contributed by atoms with Crippen LogP contribution in [0.2, 0.25) is 0 Å². The second-order valence-electron chi connectivity index (χ2n) is 3.56. The fourth-order valence-electron chi connectivity index (χ4n) is 1.30. The van der Waals surface area contributed by atoms with Gasteiger partial charge in [0.25, 0.3) is 0 Å². The van der Waals surface area contributed by atoms with Crippen LogP contribution in [0.3, 0.4) is 0 Å². The number of ether oxygens (including phenoxy) is 1. The molecule has 0 heterocycles. The van der Waals surface area contributed by atoms with Gasteiger partial charge in [0.15, 0.2) is 6.61 Å². The molecule has 0 atom stereocenters. The summed E-state index contributed by atoms with van der Waals surface area (Å²) in [5.41, 5.74) is 2.42. The van der Waals surface area contributed by atoms with Crippen molar-refractivity contribution in [3.05, 3.63) is 28.8 Å². The maximum Gasteiger partial charge on any atom is 0.422 e. The molecule has 1 aromatic rings. The third-order valence-corrected chi connectivity index (χ3v) is 2.25. The Bertz CT molecular complexity index is 356. The third-order valence-electron chi connectivity index (χ3n) is 2.25. The second kappa shape index (κ2) is 4.13. The zero-order chi connectivity index (χ0) is 11.6. The summed E-state index contributed by atoms with van der Waals surface area (Å²) < 4.78 is 40.7. The minimum atomic E-state index is -4.29. The minimum absolute atomic E-state index is 0.340. The third kappa shape index (κ3) is 3.15. The molecule has 0 bridgehead atoms. The summed E-state index contributed by atoms with van der Waals surface area (Å²) in [6.45, 7) is 4.10. The number of halogens is 3. The molecule has 0 saturated carbocycles. The van der Waals surface area contributed by atoms with Crippen molar-refractivity contribution in [1.29, 1.82) is 0 Å². The quantitative estimate of drug-likeness (QED) is 0.737. The second-order valence-corrected chi connectivity index (χ2v) is 3.56. The molecular weight excluding hydrogens is 205 g/mol. The van der Waals surface area contributed by atoms with E-state index >= 15 is 0 Å². The summed E-state index contributed by atoms with van der Waals surface area (Å²) in [6, 6.07) is 3.62. The zero-order valence-electron chi connectivity index (χ0n) is 8.90. The predicted molar refractivity (Wildman–Crippen MR) is 52.2 cm³/mol. The Kier molecular flexibility index (Phi) is 3.27. The van der Waals surface area contributed by atoms with Crippen molar-refractivity contribution in [3.8, 4) is 5.75 Å². The summed E-state index contributed by atoms with van der Waals surface area (Å²) >= 11 is 0. The number of hydrogen-bond acceptors (Lipinski definition) is 1. The molecule has 1 rings (SSSR count). The van der Waals surface area contributed by atoms with Crippen LogP contribution < -0.4 is 4.74 Å². The van der Waals surface area contributed by atoms with E-state index < -0.39 is 12.8 Å². The van der Waals surface area contributed by atoms with E-state index in [1.165, 1.54) is 0 Å². The van der Waals surface area contributed by atoms with Gasteiger partial charge in [-0.3, -0.25) is 0 Å². The van der Waals surface area contributed by atoms with Crippen molar-refractivity contribution in [2.24, 2.45) is 0 Å². The van der Waals surface area contributed by atoms with Crippen molar-refractivity contribution >= 4 is 0 Å². The molecule has 1 nitrogen and oxygen atoms in total. The lowest BCUT2D eigenvalue weighted by atomic mass is 10.1. The predicted octanol–water partition coefficient (Wildman–Crippen LogP) is 3.55. The van der Waals surface area contributed by atoms with Crippen LogP contribution in [-0.2, 0) is 0 Å².